The monoisotopic (exact) mass is 298 g/mol. The fraction of sp³-hybridized carbons (Fsp3) is 0.533. The van der Waals surface area contributed by atoms with E-state index in [1.807, 2.05) is 38.1 Å². The van der Waals surface area contributed by atoms with E-state index in [0.717, 1.165) is 37.4 Å². The molecule has 5 heteroatoms. The molecule has 1 aliphatic rings. The van der Waals surface area contributed by atoms with Gasteiger partial charge in [0, 0.05) is 12.2 Å². The minimum Gasteiger partial charge on any atom is -0.491 e. The van der Waals surface area contributed by atoms with Crippen LogP contribution in [0.1, 0.15) is 26.7 Å². The van der Waals surface area contributed by atoms with Gasteiger partial charge in [0.05, 0.1) is 12.0 Å². The van der Waals surface area contributed by atoms with Crippen molar-refractivity contribution in [3.8, 4) is 5.75 Å². The Hall–Kier alpha value is -1.26. The fourth-order valence-corrected chi connectivity index (χ4v) is 2.21. The smallest absolute Gasteiger partial charge is 0.228 e. The molecule has 0 unspecified atom stereocenters. The van der Waals surface area contributed by atoms with Gasteiger partial charge in [-0.2, -0.15) is 0 Å². The van der Waals surface area contributed by atoms with Crippen LogP contribution in [0.25, 0.3) is 0 Å². The maximum absolute atomic E-state index is 12.0. The van der Waals surface area contributed by atoms with Crippen molar-refractivity contribution in [2.75, 3.05) is 18.4 Å². The number of carbonyl (C=O) groups excluding carboxylic acids is 1. The molecule has 4 nitrogen and oxygen atoms in total. The summed E-state index contributed by atoms with van der Waals surface area (Å²) in [7, 11) is 0. The standard InChI is InChI=1S/C15H22N2O2.ClH/c1-11(2)19-14-7-5-13(6-8-14)17-15(18)12-4-3-9-16-10-12;/h5-8,11-12,16H,3-4,9-10H2,1-2H3,(H,17,18);1H/t12-;/m1./s1. The van der Waals surface area contributed by atoms with Gasteiger partial charge in [-0.3, -0.25) is 4.79 Å². The van der Waals surface area contributed by atoms with E-state index >= 15 is 0 Å². The summed E-state index contributed by atoms with van der Waals surface area (Å²) < 4.78 is 5.57. The molecule has 1 heterocycles. The zero-order valence-electron chi connectivity index (χ0n) is 12.0. The van der Waals surface area contributed by atoms with E-state index in [4.69, 9.17) is 4.74 Å². The molecule has 1 saturated heterocycles. The van der Waals surface area contributed by atoms with Crippen LogP contribution in [0.4, 0.5) is 5.69 Å². The van der Waals surface area contributed by atoms with Crippen molar-refractivity contribution in [3.05, 3.63) is 24.3 Å². The minimum absolute atomic E-state index is 0. The summed E-state index contributed by atoms with van der Waals surface area (Å²) in [6.07, 6.45) is 2.20. The molecular formula is C15H23ClN2O2. The lowest BCUT2D eigenvalue weighted by Gasteiger charge is -2.22. The molecule has 0 saturated carbocycles. The van der Waals surface area contributed by atoms with Gasteiger partial charge in [0.15, 0.2) is 0 Å². The van der Waals surface area contributed by atoms with Crippen molar-refractivity contribution in [1.29, 1.82) is 0 Å². The van der Waals surface area contributed by atoms with Crippen LogP contribution in [0.5, 0.6) is 5.75 Å². The summed E-state index contributed by atoms with van der Waals surface area (Å²) in [5, 5.41) is 6.21. The molecule has 0 aliphatic carbocycles. The van der Waals surface area contributed by atoms with Crippen LogP contribution in [-0.4, -0.2) is 25.1 Å². The van der Waals surface area contributed by atoms with Crippen molar-refractivity contribution < 1.29 is 9.53 Å². The van der Waals surface area contributed by atoms with E-state index in [1.165, 1.54) is 0 Å². The summed E-state index contributed by atoms with van der Waals surface area (Å²) in [5.74, 6) is 1.01. The lowest BCUT2D eigenvalue weighted by Crippen LogP contribution is -2.37. The second-order valence-electron chi connectivity index (χ2n) is 5.22. The summed E-state index contributed by atoms with van der Waals surface area (Å²) in [4.78, 5) is 12.0. The minimum atomic E-state index is 0. The topological polar surface area (TPSA) is 50.4 Å². The van der Waals surface area contributed by atoms with Gasteiger partial charge in [-0.05, 0) is 57.5 Å². The van der Waals surface area contributed by atoms with Crippen molar-refractivity contribution in [2.45, 2.75) is 32.8 Å². The van der Waals surface area contributed by atoms with Crippen LogP contribution < -0.4 is 15.4 Å². The van der Waals surface area contributed by atoms with E-state index in [-0.39, 0.29) is 30.3 Å². The Labute approximate surface area is 126 Å². The first-order valence-corrected chi connectivity index (χ1v) is 6.93. The molecule has 1 aliphatic heterocycles. The zero-order valence-corrected chi connectivity index (χ0v) is 12.8. The molecule has 1 amide bonds. The second-order valence-corrected chi connectivity index (χ2v) is 5.22. The number of piperidine rings is 1. The maximum Gasteiger partial charge on any atom is 0.228 e. The first-order chi connectivity index (χ1) is 9.15. The molecule has 0 radical (unpaired) electrons. The average molecular weight is 299 g/mol. The number of carbonyl (C=O) groups is 1. The third-order valence-electron chi connectivity index (χ3n) is 3.16. The number of anilines is 1. The lowest BCUT2D eigenvalue weighted by atomic mass is 9.99. The predicted octanol–water partition coefficient (Wildman–Crippen LogP) is 2.83. The molecule has 1 fully saturated rings. The normalized spacial score (nSPS) is 18.2. The number of ether oxygens (including phenoxy) is 1. The van der Waals surface area contributed by atoms with Gasteiger partial charge in [0.1, 0.15) is 5.75 Å². The number of benzene rings is 1. The molecule has 1 aromatic carbocycles. The molecule has 2 N–H and O–H groups in total. The van der Waals surface area contributed by atoms with Gasteiger partial charge in [-0.25, -0.2) is 0 Å². The Morgan fingerprint density at radius 3 is 2.60 bits per heavy atom. The van der Waals surface area contributed by atoms with Crippen LogP contribution in [0.15, 0.2) is 24.3 Å². The van der Waals surface area contributed by atoms with Crippen LogP contribution >= 0.6 is 12.4 Å². The quantitative estimate of drug-likeness (QED) is 0.899. The van der Waals surface area contributed by atoms with Crippen LogP contribution in [0, 0.1) is 5.92 Å². The first-order valence-electron chi connectivity index (χ1n) is 6.93. The van der Waals surface area contributed by atoms with E-state index in [2.05, 4.69) is 10.6 Å². The molecule has 1 atom stereocenters. The largest absolute Gasteiger partial charge is 0.491 e. The summed E-state index contributed by atoms with van der Waals surface area (Å²) in [6, 6.07) is 7.53. The highest BCUT2D eigenvalue weighted by molar-refractivity contribution is 5.92. The zero-order chi connectivity index (χ0) is 13.7. The molecular weight excluding hydrogens is 276 g/mol. The van der Waals surface area contributed by atoms with Crippen LogP contribution in [0.3, 0.4) is 0 Å². The van der Waals surface area contributed by atoms with Crippen molar-refractivity contribution in [3.63, 3.8) is 0 Å². The molecule has 1 aromatic rings. The lowest BCUT2D eigenvalue weighted by molar-refractivity contribution is -0.120. The number of hydrogen-bond donors (Lipinski definition) is 2. The number of hydrogen-bond acceptors (Lipinski definition) is 3. The van der Waals surface area contributed by atoms with Crippen LogP contribution in [-0.2, 0) is 4.79 Å². The van der Waals surface area contributed by atoms with Gasteiger partial charge in [0.2, 0.25) is 5.91 Å². The molecule has 20 heavy (non-hydrogen) atoms. The first kappa shape index (κ1) is 16.8. The van der Waals surface area contributed by atoms with Gasteiger partial charge < -0.3 is 15.4 Å². The Morgan fingerprint density at radius 1 is 1.35 bits per heavy atom. The number of rotatable bonds is 4. The Morgan fingerprint density at radius 2 is 2.05 bits per heavy atom. The number of halogens is 1. The number of amides is 1. The third kappa shape index (κ3) is 5.02. The average Bonchev–Trinajstić information content (AvgIpc) is 2.41. The third-order valence-corrected chi connectivity index (χ3v) is 3.16. The van der Waals surface area contributed by atoms with Gasteiger partial charge >= 0.3 is 0 Å². The van der Waals surface area contributed by atoms with E-state index in [1.54, 1.807) is 0 Å². The predicted molar refractivity (Wildman–Crippen MR) is 83.7 cm³/mol. The van der Waals surface area contributed by atoms with Crippen molar-refractivity contribution in [2.24, 2.45) is 5.92 Å². The van der Waals surface area contributed by atoms with E-state index in [9.17, 15) is 4.79 Å². The van der Waals surface area contributed by atoms with Gasteiger partial charge in [-0.15, -0.1) is 12.4 Å². The van der Waals surface area contributed by atoms with Gasteiger partial charge in [0.25, 0.3) is 0 Å². The number of nitrogens with one attached hydrogen (secondary N) is 2. The maximum atomic E-state index is 12.0. The van der Waals surface area contributed by atoms with E-state index in [0.29, 0.717) is 0 Å². The summed E-state index contributed by atoms with van der Waals surface area (Å²) in [5.41, 5.74) is 0.826. The molecule has 0 spiro atoms. The molecule has 0 aromatic heterocycles. The molecule has 0 bridgehead atoms. The second kappa shape index (κ2) is 8.12. The summed E-state index contributed by atoms with van der Waals surface area (Å²) in [6.45, 7) is 5.78. The van der Waals surface area contributed by atoms with E-state index < -0.39 is 0 Å². The highest BCUT2D eigenvalue weighted by atomic mass is 35.5. The van der Waals surface area contributed by atoms with Gasteiger partial charge in [-0.1, -0.05) is 0 Å². The SMILES string of the molecule is CC(C)Oc1ccc(NC(=O)[C@@H]2CCCNC2)cc1.Cl. The van der Waals surface area contributed by atoms with Crippen LogP contribution in [0.2, 0.25) is 0 Å². The summed E-state index contributed by atoms with van der Waals surface area (Å²) >= 11 is 0. The van der Waals surface area contributed by atoms with Crippen molar-refractivity contribution in [1.82, 2.24) is 5.32 Å². The highest BCUT2D eigenvalue weighted by Gasteiger charge is 2.20. The Balaban J connectivity index is 0.00000200. The highest BCUT2D eigenvalue weighted by Crippen LogP contribution is 2.18. The van der Waals surface area contributed by atoms with Crippen molar-refractivity contribution >= 4 is 24.0 Å². The fourth-order valence-electron chi connectivity index (χ4n) is 2.21. The Kier molecular flexibility index (Phi) is 6.82. The molecule has 112 valence electrons. The molecule has 2 rings (SSSR count). The Bertz CT molecular complexity index is 414.